The predicted molar refractivity (Wildman–Crippen MR) is 133 cm³/mol. The lowest BCUT2D eigenvalue weighted by molar-refractivity contribution is 0.0945. The van der Waals surface area contributed by atoms with Gasteiger partial charge in [-0.05, 0) is 35.9 Å². The van der Waals surface area contributed by atoms with Gasteiger partial charge in [0.1, 0.15) is 35.6 Å². The highest BCUT2D eigenvalue weighted by Crippen LogP contribution is 2.24. The minimum atomic E-state index is -0.431. The molecular weight excluding hydrogens is 428 g/mol. The molecule has 0 aliphatic rings. The van der Waals surface area contributed by atoms with Crippen LogP contribution in [-0.4, -0.2) is 24.9 Å². The minimum absolute atomic E-state index is 0.00612. The van der Waals surface area contributed by atoms with Crippen molar-refractivity contribution >= 4 is 11.0 Å². The van der Waals surface area contributed by atoms with Crippen molar-refractivity contribution in [3.63, 3.8) is 0 Å². The number of hydrogen-bond donors (Lipinski definition) is 1. The van der Waals surface area contributed by atoms with Crippen LogP contribution in [0.1, 0.15) is 11.1 Å². The van der Waals surface area contributed by atoms with Crippen LogP contribution in [0, 0.1) is 11.8 Å². The summed E-state index contributed by atoms with van der Waals surface area (Å²) >= 11 is 0. The fourth-order valence-corrected chi connectivity index (χ4v) is 3.50. The number of rotatable bonds is 7. The molecule has 1 heterocycles. The van der Waals surface area contributed by atoms with Crippen molar-refractivity contribution in [2.75, 3.05) is 13.7 Å². The molecule has 0 amide bonds. The molecule has 0 spiro atoms. The van der Waals surface area contributed by atoms with E-state index in [1.165, 1.54) is 13.2 Å². The van der Waals surface area contributed by atoms with Gasteiger partial charge in [-0.1, -0.05) is 60.9 Å². The zero-order valence-corrected chi connectivity index (χ0v) is 18.8. The molecule has 1 aromatic heterocycles. The van der Waals surface area contributed by atoms with Crippen molar-refractivity contribution in [3.8, 4) is 28.9 Å². The summed E-state index contributed by atoms with van der Waals surface area (Å²) < 4.78 is 16.8. The summed E-state index contributed by atoms with van der Waals surface area (Å²) in [4.78, 5) is 12.6. The van der Waals surface area contributed by atoms with E-state index < -0.39 is 6.10 Å². The molecule has 5 nitrogen and oxygen atoms in total. The van der Waals surface area contributed by atoms with E-state index in [9.17, 15) is 9.90 Å². The topological polar surface area (TPSA) is 68.9 Å². The molecule has 0 bridgehead atoms. The lowest BCUT2D eigenvalue weighted by Crippen LogP contribution is -2.16. The first kappa shape index (κ1) is 22.9. The van der Waals surface area contributed by atoms with Crippen molar-refractivity contribution in [1.82, 2.24) is 0 Å². The monoisotopic (exact) mass is 452 g/mol. The van der Waals surface area contributed by atoms with Crippen LogP contribution in [-0.2, 0) is 11.2 Å². The minimum Gasteiger partial charge on any atom is -0.510 e. The van der Waals surface area contributed by atoms with Crippen molar-refractivity contribution in [1.29, 1.82) is 0 Å². The highest BCUT2D eigenvalue weighted by molar-refractivity contribution is 5.80. The SMILES string of the molecule is C=C(O)[C@H](Cc1ccc(C#CCOc2ccc3oc(-c4ccccc4)cc(=O)c3c2)cc1)OC. The molecule has 4 rings (SSSR count). The van der Waals surface area contributed by atoms with Gasteiger partial charge in [0.05, 0.1) is 5.39 Å². The second-order valence-electron chi connectivity index (χ2n) is 7.71. The van der Waals surface area contributed by atoms with Gasteiger partial charge in [0, 0.05) is 30.7 Å². The van der Waals surface area contributed by atoms with E-state index in [0.29, 0.717) is 28.9 Å². The summed E-state index contributed by atoms with van der Waals surface area (Å²) in [7, 11) is 1.54. The van der Waals surface area contributed by atoms with E-state index in [2.05, 4.69) is 18.4 Å². The third-order valence-electron chi connectivity index (χ3n) is 5.33. The summed E-state index contributed by atoms with van der Waals surface area (Å²) in [5, 5.41) is 9.98. The first-order chi connectivity index (χ1) is 16.5. The van der Waals surface area contributed by atoms with Crippen molar-refractivity contribution in [2.24, 2.45) is 0 Å². The Balaban J connectivity index is 1.40. The standard InChI is InChI=1S/C29H24O5/c1-20(30)28(32-2)17-22-12-10-21(11-13-22)7-6-16-33-24-14-15-27-25(18-24)26(31)19-29(34-27)23-8-4-3-5-9-23/h3-5,8-15,18-19,28,30H,1,16-17H2,2H3/t28-/m0/s1. The van der Waals surface area contributed by atoms with E-state index in [0.717, 1.165) is 16.7 Å². The predicted octanol–water partition coefficient (Wildman–Crippen LogP) is 5.52. The normalized spacial score (nSPS) is 11.4. The van der Waals surface area contributed by atoms with E-state index >= 15 is 0 Å². The fraction of sp³-hybridized carbons (Fsp3) is 0.138. The molecule has 0 aliphatic carbocycles. The fourth-order valence-electron chi connectivity index (χ4n) is 3.50. The van der Waals surface area contributed by atoms with Crippen LogP contribution in [0.3, 0.4) is 0 Å². The van der Waals surface area contributed by atoms with Gasteiger partial charge in [0.25, 0.3) is 0 Å². The van der Waals surface area contributed by atoms with Crippen LogP contribution in [0.5, 0.6) is 5.75 Å². The molecule has 3 aromatic carbocycles. The highest BCUT2D eigenvalue weighted by atomic mass is 16.5. The first-order valence-corrected chi connectivity index (χ1v) is 10.8. The molecular formula is C29H24O5. The second-order valence-corrected chi connectivity index (χ2v) is 7.71. The molecule has 0 aliphatic heterocycles. The molecule has 0 saturated heterocycles. The maximum atomic E-state index is 12.6. The molecule has 1 atom stereocenters. The Morgan fingerprint density at radius 2 is 1.82 bits per heavy atom. The van der Waals surface area contributed by atoms with Gasteiger partial charge >= 0.3 is 0 Å². The van der Waals surface area contributed by atoms with Crippen molar-refractivity contribution in [2.45, 2.75) is 12.5 Å². The molecule has 4 aromatic rings. The Morgan fingerprint density at radius 1 is 1.06 bits per heavy atom. The maximum Gasteiger partial charge on any atom is 0.193 e. The van der Waals surface area contributed by atoms with E-state index in [1.807, 2.05) is 54.6 Å². The summed E-state index contributed by atoms with van der Waals surface area (Å²) in [5.74, 6) is 7.12. The second kappa shape index (κ2) is 10.6. The van der Waals surface area contributed by atoms with Gasteiger partial charge in [-0.25, -0.2) is 0 Å². The number of methoxy groups -OCH3 is 1. The number of ether oxygens (including phenoxy) is 2. The molecule has 170 valence electrons. The van der Waals surface area contributed by atoms with Crippen molar-refractivity contribution in [3.05, 3.63) is 113 Å². The average molecular weight is 453 g/mol. The zero-order valence-electron chi connectivity index (χ0n) is 18.8. The average Bonchev–Trinajstić information content (AvgIpc) is 2.86. The Bertz CT molecular complexity index is 1410. The number of hydrogen-bond acceptors (Lipinski definition) is 5. The van der Waals surface area contributed by atoms with Gasteiger partial charge in [-0.15, -0.1) is 0 Å². The van der Waals surface area contributed by atoms with Crippen LogP contribution in [0.15, 0.2) is 100 Å². The van der Waals surface area contributed by atoms with Gasteiger partial charge < -0.3 is 19.0 Å². The van der Waals surface area contributed by atoms with E-state index in [1.54, 1.807) is 18.2 Å². The van der Waals surface area contributed by atoms with Crippen molar-refractivity contribution < 1.29 is 19.0 Å². The number of benzene rings is 3. The Morgan fingerprint density at radius 3 is 2.53 bits per heavy atom. The number of aliphatic hydroxyl groups excluding tert-OH is 1. The molecule has 5 heteroatoms. The van der Waals surface area contributed by atoms with Crippen LogP contribution in [0.25, 0.3) is 22.3 Å². The number of aliphatic hydroxyl groups is 1. The molecule has 0 unspecified atom stereocenters. The highest BCUT2D eigenvalue weighted by Gasteiger charge is 2.11. The first-order valence-electron chi connectivity index (χ1n) is 10.8. The summed E-state index contributed by atoms with van der Waals surface area (Å²) in [6.45, 7) is 3.70. The van der Waals surface area contributed by atoms with Gasteiger partial charge in [-0.2, -0.15) is 0 Å². The molecule has 34 heavy (non-hydrogen) atoms. The third kappa shape index (κ3) is 5.55. The Hall–Kier alpha value is -4.27. The smallest absolute Gasteiger partial charge is 0.193 e. The summed E-state index contributed by atoms with van der Waals surface area (Å²) in [6, 6.07) is 23.9. The van der Waals surface area contributed by atoms with Crippen LogP contribution in [0.2, 0.25) is 0 Å². The zero-order chi connectivity index (χ0) is 23.9. The van der Waals surface area contributed by atoms with E-state index in [-0.39, 0.29) is 17.8 Å². The lowest BCUT2D eigenvalue weighted by Gasteiger charge is -2.13. The molecule has 0 radical (unpaired) electrons. The molecule has 1 N–H and O–H groups in total. The van der Waals surface area contributed by atoms with Crippen LogP contribution in [0.4, 0.5) is 0 Å². The van der Waals surface area contributed by atoms with Crippen LogP contribution >= 0.6 is 0 Å². The van der Waals surface area contributed by atoms with E-state index in [4.69, 9.17) is 13.9 Å². The van der Waals surface area contributed by atoms with Gasteiger partial charge in [0.15, 0.2) is 5.43 Å². The Kier molecular flexibility index (Phi) is 7.12. The largest absolute Gasteiger partial charge is 0.510 e. The molecule has 0 fully saturated rings. The number of fused-ring (bicyclic) bond motifs is 1. The van der Waals surface area contributed by atoms with Crippen LogP contribution < -0.4 is 10.2 Å². The third-order valence-corrected chi connectivity index (χ3v) is 5.33. The maximum absolute atomic E-state index is 12.6. The summed E-state index contributed by atoms with van der Waals surface area (Å²) in [5.41, 5.74) is 3.08. The molecule has 0 saturated carbocycles. The van der Waals surface area contributed by atoms with Gasteiger partial charge in [-0.3, -0.25) is 4.79 Å². The quantitative estimate of drug-likeness (QED) is 0.295. The lowest BCUT2D eigenvalue weighted by atomic mass is 10.1. The Labute approximate surface area is 197 Å². The summed E-state index contributed by atoms with van der Waals surface area (Å²) in [6.07, 6.45) is 0.102. The van der Waals surface area contributed by atoms with Gasteiger partial charge in [0.2, 0.25) is 0 Å².